The van der Waals surface area contributed by atoms with Crippen LogP contribution in [0.2, 0.25) is 0 Å². The Balaban J connectivity index is 1.22. The van der Waals surface area contributed by atoms with Gasteiger partial charge in [-0.3, -0.25) is 0 Å². The summed E-state index contributed by atoms with van der Waals surface area (Å²) in [6, 6.07) is 60.0. The SMILES string of the molecule is c1ccc(-c2nc(-c3ccccc3)nc(-c3ccccc3-c3ccc4c(c3)C3(c5ccccc5Oc5ccccc53)c3ccccc3O4)n2)cc1. The number of rotatable bonds is 4. The Morgan fingerprint density at radius 2 is 0.725 bits per heavy atom. The maximum Gasteiger partial charge on any atom is 0.164 e. The largest absolute Gasteiger partial charge is 0.457 e. The van der Waals surface area contributed by atoms with Crippen molar-refractivity contribution < 1.29 is 9.47 Å². The molecule has 0 aliphatic carbocycles. The molecule has 0 saturated heterocycles. The third-order valence-corrected chi connectivity index (χ3v) is 9.87. The first-order chi connectivity index (χ1) is 25.3. The maximum absolute atomic E-state index is 6.70. The molecule has 8 aromatic rings. The highest BCUT2D eigenvalue weighted by molar-refractivity contribution is 5.84. The number of hydrogen-bond acceptors (Lipinski definition) is 5. The van der Waals surface area contributed by atoms with Gasteiger partial charge in [-0.25, -0.2) is 15.0 Å². The molecule has 0 unspecified atom stereocenters. The average molecular weight is 656 g/mol. The van der Waals surface area contributed by atoms with Crippen molar-refractivity contribution in [2.45, 2.75) is 5.41 Å². The molecule has 0 amide bonds. The molecule has 5 heteroatoms. The number of aromatic nitrogens is 3. The zero-order valence-corrected chi connectivity index (χ0v) is 27.4. The topological polar surface area (TPSA) is 57.1 Å². The van der Waals surface area contributed by atoms with E-state index in [0.717, 1.165) is 73.1 Å². The second kappa shape index (κ2) is 11.6. The van der Waals surface area contributed by atoms with Gasteiger partial charge in [0.1, 0.15) is 23.0 Å². The van der Waals surface area contributed by atoms with Gasteiger partial charge in [-0.2, -0.15) is 0 Å². The fourth-order valence-electron chi connectivity index (χ4n) is 7.64. The molecule has 0 N–H and O–H groups in total. The molecule has 0 saturated carbocycles. The van der Waals surface area contributed by atoms with E-state index in [0.29, 0.717) is 17.5 Å². The van der Waals surface area contributed by atoms with Crippen LogP contribution >= 0.6 is 0 Å². The standard InChI is InChI=1S/C46H29N3O2/c1-3-15-30(16-4-1)43-47-44(31-17-5-2-6-18-31)49-45(48-43)34-20-8-7-19-33(34)32-27-28-42-38(29-32)46(37-23-11-14-26-41(37)51-42)35-21-9-12-24-39(35)50-40-25-13-10-22-36(40)46/h1-29H. The molecule has 10 rings (SSSR count). The number of fused-ring (bicyclic) bond motifs is 8. The highest BCUT2D eigenvalue weighted by Crippen LogP contribution is 2.61. The minimum absolute atomic E-state index is 0.606. The summed E-state index contributed by atoms with van der Waals surface area (Å²) in [7, 11) is 0. The molecule has 7 aromatic carbocycles. The Hall–Kier alpha value is -6.85. The summed E-state index contributed by atoms with van der Waals surface area (Å²) in [5, 5.41) is 0. The Morgan fingerprint density at radius 1 is 0.314 bits per heavy atom. The monoisotopic (exact) mass is 655 g/mol. The molecule has 1 aromatic heterocycles. The number of ether oxygens (including phenoxy) is 2. The summed E-state index contributed by atoms with van der Waals surface area (Å²) in [5.74, 6) is 5.15. The smallest absolute Gasteiger partial charge is 0.164 e. The highest BCUT2D eigenvalue weighted by atomic mass is 16.5. The van der Waals surface area contributed by atoms with Gasteiger partial charge in [-0.1, -0.05) is 146 Å². The Kier molecular flexibility index (Phi) is 6.64. The van der Waals surface area contributed by atoms with Gasteiger partial charge in [-0.15, -0.1) is 0 Å². The van der Waals surface area contributed by atoms with Crippen molar-refractivity contribution in [1.29, 1.82) is 0 Å². The van der Waals surface area contributed by atoms with E-state index in [2.05, 4.69) is 91.0 Å². The van der Waals surface area contributed by atoms with E-state index >= 15 is 0 Å². The predicted octanol–water partition coefficient (Wildman–Crippen LogP) is 11.1. The van der Waals surface area contributed by atoms with Crippen LogP contribution in [-0.4, -0.2) is 15.0 Å². The molecule has 0 bridgehead atoms. The van der Waals surface area contributed by atoms with Crippen molar-refractivity contribution in [2.24, 2.45) is 0 Å². The van der Waals surface area contributed by atoms with Gasteiger partial charge >= 0.3 is 0 Å². The van der Waals surface area contributed by atoms with Crippen LogP contribution in [0.3, 0.4) is 0 Å². The van der Waals surface area contributed by atoms with Crippen molar-refractivity contribution in [3.05, 3.63) is 198 Å². The van der Waals surface area contributed by atoms with Crippen molar-refractivity contribution in [1.82, 2.24) is 15.0 Å². The first kappa shape index (κ1) is 29.1. The van der Waals surface area contributed by atoms with Crippen LogP contribution < -0.4 is 9.47 Å². The highest BCUT2D eigenvalue weighted by Gasteiger charge is 2.50. The summed E-state index contributed by atoms with van der Waals surface area (Å²) in [6.07, 6.45) is 0. The summed E-state index contributed by atoms with van der Waals surface area (Å²) in [6.45, 7) is 0. The van der Waals surface area contributed by atoms with Crippen molar-refractivity contribution >= 4 is 0 Å². The van der Waals surface area contributed by atoms with E-state index in [1.54, 1.807) is 0 Å². The van der Waals surface area contributed by atoms with Gasteiger partial charge in [0, 0.05) is 38.9 Å². The predicted molar refractivity (Wildman–Crippen MR) is 200 cm³/mol. The number of hydrogen-bond donors (Lipinski definition) is 0. The molecule has 2 aliphatic rings. The van der Waals surface area contributed by atoms with Gasteiger partial charge in [0.2, 0.25) is 0 Å². The van der Waals surface area contributed by atoms with Crippen LogP contribution in [0.5, 0.6) is 23.0 Å². The van der Waals surface area contributed by atoms with E-state index in [4.69, 9.17) is 24.4 Å². The van der Waals surface area contributed by atoms with E-state index in [9.17, 15) is 0 Å². The molecule has 0 fully saturated rings. The number of benzene rings is 7. The second-order valence-corrected chi connectivity index (χ2v) is 12.7. The normalized spacial score (nSPS) is 13.2. The molecule has 0 radical (unpaired) electrons. The Labute approximate surface area is 295 Å². The van der Waals surface area contributed by atoms with Crippen LogP contribution in [0.25, 0.3) is 45.3 Å². The van der Waals surface area contributed by atoms with E-state index < -0.39 is 5.41 Å². The zero-order valence-electron chi connectivity index (χ0n) is 27.4. The average Bonchev–Trinajstić information content (AvgIpc) is 3.21. The van der Waals surface area contributed by atoms with E-state index in [1.165, 1.54) is 0 Å². The molecular weight excluding hydrogens is 627 g/mol. The summed E-state index contributed by atoms with van der Waals surface area (Å²) in [5.41, 5.74) is 8.38. The third kappa shape index (κ3) is 4.59. The van der Waals surface area contributed by atoms with Gasteiger partial charge < -0.3 is 9.47 Å². The lowest BCUT2D eigenvalue weighted by Crippen LogP contribution is -2.36. The van der Waals surface area contributed by atoms with Crippen LogP contribution in [0.4, 0.5) is 0 Å². The maximum atomic E-state index is 6.70. The Morgan fingerprint density at radius 3 is 1.25 bits per heavy atom. The summed E-state index contributed by atoms with van der Waals surface area (Å²) < 4.78 is 13.3. The third-order valence-electron chi connectivity index (χ3n) is 9.87. The minimum Gasteiger partial charge on any atom is -0.457 e. The van der Waals surface area contributed by atoms with Crippen molar-refractivity contribution in [2.75, 3.05) is 0 Å². The molecule has 5 nitrogen and oxygen atoms in total. The quantitative estimate of drug-likeness (QED) is 0.189. The minimum atomic E-state index is -0.686. The fourth-order valence-corrected chi connectivity index (χ4v) is 7.64. The van der Waals surface area contributed by atoms with Gasteiger partial charge in [0.25, 0.3) is 0 Å². The van der Waals surface area contributed by atoms with E-state index in [-0.39, 0.29) is 0 Å². The van der Waals surface area contributed by atoms with Crippen LogP contribution in [0, 0.1) is 0 Å². The van der Waals surface area contributed by atoms with Crippen molar-refractivity contribution in [3.8, 4) is 68.3 Å². The van der Waals surface area contributed by atoms with E-state index in [1.807, 2.05) is 84.9 Å². The molecule has 51 heavy (non-hydrogen) atoms. The second-order valence-electron chi connectivity index (χ2n) is 12.7. The summed E-state index contributed by atoms with van der Waals surface area (Å²) in [4.78, 5) is 15.1. The van der Waals surface area contributed by atoms with Crippen LogP contribution in [0.1, 0.15) is 22.3 Å². The number of para-hydroxylation sites is 3. The fraction of sp³-hybridized carbons (Fsp3) is 0.0217. The lowest BCUT2D eigenvalue weighted by molar-refractivity contribution is 0.399. The Bertz CT molecular complexity index is 2440. The first-order valence-corrected chi connectivity index (χ1v) is 17.0. The lowest BCUT2D eigenvalue weighted by atomic mass is 9.62. The van der Waals surface area contributed by atoms with Crippen LogP contribution in [-0.2, 0) is 5.41 Å². The molecule has 240 valence electrons. The molecule has 2 aliphatic heterocycles. The molecule has 1 spiro atoms. The summed E-state index contributed by atoms with van der Waals surface area (Å²) >= 11 is 0. The molecular formula is C46H29N3O2. The van der Waals surface area contributed by atoms with Gasteiger partial charge in [0.05, 0.1) is 5.41 Å². The molecule has 3 heterocycles. The van der Waals surface area contributed by atoms with Crippen LogP contribution in [0.15, 0.2) is 176 Å². The van der Waals surface area contributed by atoms with Gasteiger partial charge in [-0.05, 0) is 41.5 Å². The first-order valence-electron chi connectivity index (χ1n) is 17.0. The van der Waals surface area contributed by atoms with Crippen molar-refractivity contribution in [3.63, 3.8) is 0 Å². The zero-order chi connectivity index (χ0) is 33.8. The lowest BCUT2D eigenvalue weighted by Gasteiger charge is -2.44. The number of nitrogens with zero attached hydrogens (tertiary/aromatic N) is 3. The van der Waals surface area contributed by atoms with Gasteiger partial charge in [0.15, 0.2) is 17.5 Å². The molecule has 0 atom stereocenters.